The SMILES string of the molecule is COc1ccc(N2C(=O)c3ccccc3[C@@H](C(=O)[O-])[C@@H]2c2ccccc2)cc1.[Na+]. The van der Waals surface area contributed by atoms with Gasteiger partial charge in [0.1, 0.15) is 5.75 Å². The molecule has 0 saturated carbocycles. The molecular weight excluding hydrogens is 377 g/mol. The Labute approximate surface area is 191 Å². The van der Waals surface area contributed by atoms with Gasteiger partial charge in [0.2, 0.25) is 0 Å². The van der Waals surface area contributed by atoms with Crippen LogP contribution >= 0.6 is 0 Å². The molecule has 5 nitrogen and oxygen atoms in total. The number of anilines is 1. The number of aliphatic carboxylic acids is 1. The molecule has 0 bridgehead atoms. The Hall–Kier alpha value is -2.60. The van der Waals surface area contributed by atoms with E-state index >= 15 is 0 Å². The second-order valence-electron chi connectivity index (χ2n) is 6.61. The van der Waals surface area contributed by atoms with E-state index in [4.69, 9.17) is 4.74 Å². The number of fused-ring (bicyclic) bond motifs is 1. The number of amides is 1. The van der Waals surface area contributed by atoms with Gasteiger partial charge in [0.25, 0.3) is 5.91 Å². The fourth-order valence-corrected chi connectivity index (χ4v) is 3.81. The number of carbonyl (C=O) groups is 2. The van der Waals surface area contributed by atoms with Crippen molar-refractivity contribution in [3.63, 3.8) is 0 Å². The Balaban J connectivity index is 0.00000240. The molecule has 1 amide bonds. The quantitative estimate of drug-likeness (QED) is 0.581. The summed E-state index contributed by atoms with van der Waals surface area (Å²) in [5.74, 6) is -1.79. The molecule has 0 fully saturated rings. The molecule has 0 aliphatic carbocycles. The van der Waals surface area contributed by atoms with E-state index in [1.165, 1.54) is 4.90 Å². The molecule has 4 rings (SSSR count). The molecule has 0 unspecified atom stereocenters. The molecule has 1 aliphatic heterocycles. The first-order chi connectivity index (χ1) is 13.6. The molecule has 29 heavy (non-hydrogen) atoms. The van der Waals surface area contributed by atoms with Crippen LogP contribution < -0.4 is 44.3 Å². The minimum Gasteiger partial charge on any atom is -0.549 e. The zero-order valence-electron chi connectivity index (χ0n) is 16.2. The maximum Gasteiger partial charge on any atom is 1.00 e. The van der Waals surface area contributed by atoms with Gasteiger partial charge in [-0.3, -0.25) is 9.69 Å². The van der Waals surface area contributed by atoms with Gasteiger partial charge >= 0.3 is 29.6 Å². The molecule has 3 aromatic carbocycles. The predicted octanol–water partition coefficient (Wildman–Crippen LogP) is -0.0656. The Bertz CT molecular complexity index is 1020. The summed E-state index contributed by atoms with van der Waals surface area (Å²) in [4.78, 5) is 27.2. The smallest absolute Gasteiger partial charge is 0.549 e. The van der Waals surface area contributed by atoms with Crippen LogP contribution in [-0.2, 0) is 4.79 Å². The minimum absolute atomic E-state index is 0. The molecule has 6 heteroatoms. The molecule has 0 spiro atoms. The van der Waals surface area contributed by atoms with Gasteiger partial charge in [-0.05, 0) is 41.5 Å². The molecule has 0 aromatic heterocycles. The summed E-state index contributed by atoms with van der Waals surface area (Å²) >= 11 is 0. The van der Waals surface area contributed by atoms with Crippen LogP contribution in [0.1, 0.15) is 33.4 Å². The van der Waals surface area contributed by atoms with E-state index in [-0.39, 0.29) is 35.5 Å². The van der Waals surface area contributed by atoms with E-state index in [1.807, 2.05) is 30.3 Å². The van der Waals surface area contributed by atoms with E-state index in [0.29, 0.717) is 22.6 Å². The second kappa shape index (κ2) is 8.82. The van der Waals surface area contributed by atoms with Crippen molar-refractivity contribution in [3.8, 4) is 5.75 Å². The second-order valence-corrected chi connectivity index (χ2v) is 6.61. The number of carboxylic acids is 1. The third-order valence-corrected chi connectivity index (χ3v) is 5.08. The average Bonchev–Trinajstić information content (AvgIpc) is 2.74. The van der Waals surface area contributed by atoms with Crippen molar-refractivity contribution in [2.24, 2.45) is 0 Å². The summed E-state index contributed by atoms with van der Waals surface area (Å²) in [6, 6.07) is 22.3. The van der Waals surface area contributed by atoms with Crippen LogP contribution in [0.2, 0.25) is 0 Å². The summed E-state index contributed by atoms with van der Waals surface area (Å²) in [6.07, 6.45) is 0. The molecule has 3 aromatic rings. The monoisotopic (exact) mass is 395 g/mol. The molecule has 0 saturated heterocycles. The van der Waals surface area contributed by atoms with Gasteiger partial charge in [-0.25, -0.2) is 0 Å². The van der Waals surface area contributed by atoms with Crippen LogP contribution in [0, 0.1) is 0 Å². The Morgan fingerprint density at radius 1 is 0.931 bits per heavy atom. The van der Waals surface area contributed by atoms with Crippen LogP contribution in [0.3, 0.4) is 0 Å². The maximum absolute atomic E-state index is 13.4. The predicted molar refractivity (Wildman–Crippen MR) is 103 cm³/mol. The first-order valence-corrected chi connectivity index (χ1v) is 8.94. The molecular formula is C23H18NNaO4. The van der Waals surface area contributed by atoms with Crippen molar-refractivity contribution in [1.29, 1.82) is 0 Å². The number of carboxylic acid groups (broad SMARTS) is 1. The van der Waals surface area contributed by atoms with Gasteiger partial charge in [-0.2, -0.15) is 0 Å². The maximum atomic E-state index is 13.4. The number of hydrogen-bond acceptors (Lipinski definition) is 4. The molecule has 1 heterocycles. The molecule has 0 radical (unpaired) electrons. The van der Waals surface area contributed by atoms with Gasteiger partial charge in [-0.15, -0.1) is 0 Å². The molecule has 0 N–H and O–H groups in total. The molecule has 2 atom stereocenters. The number of methoxy groups -OCH3 is 1. The van der Waals surface area contributed by atoms with Crippen molar-refractivity contribution in [2.75, 3.05) is 12.0 Å². The number of hydrogen-bond donors (Lipinski definition) is 0. The van der Waals surface area contributed by atoms with Crippen LogP contribution in [0.15, 0.2) is 78.9 Å². The van der Waals surface area contributed by atoms with E-state index in [1.54, 1.807) is 55.6 Å². The number of nitrogens with zero attached hydrogens (tertiary/aromatic N) is 1. The Morgan fingerprint density at radius 2 is 1.55 bits per heavy atom. The summed E-state index contributed by atoms with van der Waals surface area (Å²) < 4.78 is 5.20. The van der Waals surface area contributed by atoms with Crippen LogP contribution in [0.5, 0.6) is 5.75 Å². The number of carbonyl (C=O) groups excluding carboxylic acids is 2. The molecule has 140 valence electrons. The topological polar surface area (TPSA) is 69.7 Å². The standard InChI is InChI=1S/C23H19NO4.Na/c1-28-17-13-11-16(12-14-17)24-21(15-7-3-2-4-8-15)20(23(26)27)18-9-5-6-10-19(18)22(24)25;/h2-14,20-21H,1H3,(H,26,27);/q;+1/p-1/t20-,21+;/m1./s1. The van der Waals surface area contributed by atoms with Crippen molar-refractivity contribution in [3.05, 3.63) is 95.6 Å². The van der Waals surface area contributed by atoms with Crippen LogP contribution in [0.25, 0.3) is 0 Å². The van der Waals surface area contributed by atoms with E-state index in [2.05, 4.69) is 0 Å². The van der Waals surface area contributed by atoms with E-state index < -0.39 is 17.9 Å². The summed E-state index contributed by atoms with van der Waals surface area (Å²) in [6.45, 7) is 0. The zero-order chi connectivity index (χ0) is 19.7. The number of rotatable bonds is 4. The summed E-state index contributed by atoms with van der Waals surface area (Å²) in [5, 5.41) is 12.2. The van der Waals surface area contributed by atoms with Crippen molar-refractivity contribution < 1.29 is 49.0 Å². The van der Waals surface area contributed by atoms with Crippen molar-refractivity contribution >= 4 is 17.6 Å². The van der Waals surface area contributed by atoms with Crippen LogP contribution in [0.4, 0.5) is 5.69 Å². The normalized spacial score (nSPS) is 17.8. The van der Waals surface area contributed by atoms with Gasteiger partial charge in [0, 0.05) is 17.2 Å². The van der Waals surface area contributed by atoms with Gasteiger partial charge in [-0.1, -0.05) is 48.5 Å². The fourth-order valence-electron chi connectivity index (χ4n) is 3.81. The largest absolute Gasteiger partial charge is 1.00 e. The van der Waals surface area contributed by atoms with Crippen LogP contribution in [-0.4, -0.2) is 19.0 Å². The first-order valence-electron chi connectivity index (χ1n) is 8.94. The minimum atomic E-state index is -1.22. The van der Waals surface area contributed by atoms with Crippen molar-refractivity contribution in [2.45, 2.75) is 12.0 Å². The molecule has 1 aliphatic rings. The third-order valence-electron chi connectivity index (χ3n) is 5.08. The van der Waals surface area contributed by atoms with Gasteiger partial charge in [0.15, 0.2) is 0 Å². The third kappa shape index (κ3) is 3.81. The summed E-state index contributed by atoms with van der Waals surface area (Å²) in [7, 11) is 1.57. The Morgan fingerprint density at radius 3 is 2.17 bits per heavy atom. The zero-order valence-corrected chi connectivity index (χ0v) is 18.2. The van der Waals surface area contributed by atoms with Crippen molar-refractivity contribution in [1.82, 2.24) is 0 Å². The number of ether oxygens (including phenoxy) is 1. The number of benzene rings is 3. The average molecular weight is 395 g/mol. The summed E-state index contributed by atoms with van der Waals surface area (Å²) in [5.41, 5.74) is 2.18. The van der Waals surface area contributed by atoms with E-state index in [9.17, 15) is 14.7 Å². The fraction of sp³-hybridized carbons (Fsp3) is 0.130. The Kier molecular flexibility index (Phi) is 6.42. The van der Waals surface area contributed by atoms with E-state index in [0.717, 1.165) is 5.56 Å². The van der Waals surface area contributed by atoms with Gasteiger partial charge in [0.05, 0.1) is 19.1 Å². The van der Waals surface area contributed by atoms with Gasteiger partial charge < -0.3 is 14.6 Å². The first kappa shape index (κ1) is 21.1.